The van der Waals surface area contributed by atoms with Crippen LogP contribution in [0.25, 0.3) is 0 Å². The Morgan fingerprint density at radius 2 is 0.753 bits per heavy atom. The molecule has 0 saturated carbocycles. The molecule has 0 aromatic heterocycles. The maximum absolute atomic E-state index is 13.0. The molecule has 8 nitrogen and oxygen atoms in total. The highest BCUT2D eigenvalue weighted by molar-refractivity contribution is 7.47. The third-order valence-electron chi connectivity index (χ3n) is 14.9. The molecular weight excluding hydrogens is 924 g/mol. The molecule has 0 aliphatic heterocycles. The van der Waals surface area contributed by atoms with Gasteiger partial charge in [0.1, 0.15) is 13.2 Å². The van der Waals surface area contributed by atoms with E-state index >= 15 is 0 Å². The van der Waals surface area contributed by atoms with E-state index in [0.717, 1.165) is 38.5 Å². The number of amides is 1. The van der Waals surface area contributed by atoms with Gasteiger partial charge in [-0.1, -0.05) is 314 Å². The molecule has 0 radical (unpaired) electrons. The van der Waals surface area contributed by atoms with Crippen LogP contribution >= 0.6 is 7.82 Å². The zero-order chi connectivity index (χ0) is 53.5. The Labute approximate surface area is 455 Å². The van der Waals surface area contributed by atoms with Crippen molar-refractivity contribution in [3.05, 3.63) is 24.3 Å². The van der Waals surface area contributed by atoms with Gasteiger partial charge in [-0.3, -0.25) is 13.8 Å². The fourth-order valence-corrected chi connectivity index (χ4v) is 10.6. The van der Waals surface area contributed by atoms with Crippen molar-refractivity contribution in [3.63, 3.8) is 0 Å². The fourth-order valence-electron chi connectivity index (χ4n) is 9.89. The summed E-state index contributed by atoms with van der Waals surface area (Å²) in [5.74, 6) is -0.181. The highest BCUT2D eigenvalue weighted by Crippen LogP contribution is 2.43. The summed E-state index contributed by atoms with van der Waals surface area (Å²) in [4.78, 5) is 23.3. The number of rotatable bonds is 60. The summed E-state index contributed by atoms with van der Waals surface area (Å²) < 4.78 is 23.7. The van der Waals surface area contributed by atoms with Gasteiger partial charge in [0.15, 0.2) is 0 Å². The molecule has 0 aliphatic carbocycles. The van der Waals surface area contributed by atoms with Crippen molar-refractivity contribution >= 4 is 13.7 Å². The minimum Gasteiger partial charge on any atom is -0.387 e. The monoisotopic (exact) mass is 1050 g/mol. The first-order valence-electron chi connectivity index (χ1n) is 32.2. The quantitative estimate of drug-likeness (QED) is 0.0243. The Morgan fingerprint density at radius 1 is 0.452 bits per heavy atom. The molecule has 1 amide bonds. The number of unbranched alkanes of at least 4 members (excludes halogenated alkanes) is 45. The second kappa shape index (κ2) is 55.7. The number of carbonyl (C=O) groups excluding carboxylic acids is 1. The summed E-state index contributed by atoms with van der Waals surface area (Å²) in [5, 5.41) is 13.9. The van der Waals surface area contributed by atoms with Crippen molar-refractivity contribution in [1.82, 2.24) is 5.32 Å². The lowest BCUT2D eigenvalue weighted by Crippen LogP contribution is -2.45. The van der Waals surface area contributed by atoms with Crippen molar-refractivity contribution in [3.8, 4) is 0 Å². The SMILES string of the molecule is CCCCCCCCC/C=C/CC/C=C/C(O)C(COP(=O)(O)OCC[N+](C)(C)C)NC(=O)CCCCCCCCCCCCCCCCCCCCCCCCCCCCCCCCCCCCCCCC. The average Bonchev–Trinajstić information content (AvgIpc) is 3.35. The molecule has 3 unspecified atom stereocenters. The Bertz CT molecular complexity index is 1240. The zero-order valence-electron chi connectivity index (χ0n) is 49.7. The van der Waals surface area contributed by atoms with Gasteiger partial charge in [0.05, 0.1) is 39.9 Å². The fraction of sp³-hybridized carbons (Fsp3) is 0.922. The zero-order valence-corrected chi connectivity index (χ0v) is 50.5. The Balaban J connectivity index is 3.86. The third kappa shape index (κ3) is 58.5. The van der Waals surface area contributed by atoms with Crippen LogP contribution in [0.5, 0.6) is 0 Å². The van der Waals surface area contributed by atoms with E-state index in [9.17, 15) is 19.4 Å². The van der Waals surface area contributed by atoms with Gasteiger partial charge >= 0.3 is 7.82 Å². The van der Waals surface area contributed by atoms with Crippen LogP contribution in [0.15, 0.2) is 24.3 Å². The summed E-state index contributed by atoms with van der Waals surface area (Å²) >= 11 is 0. The minimum absolute atomic E-state index is 0.0585. The molecule has 434 valence electrons. The van der Waals surface area contributed by atoms with E-state index in [1.54, 1.807) is 6.08 Å². The average molecular weight is 1050 g/mol. The largest absolute Gasteiger partial charge is 0.472 e. The Hall–Kier alpha value is -1.02. The van der Waals surface area contributed by atoms with Crippen molar-refractivity contribution in [2.75, 3.05) is 40.9 Å². The van der Waals surface area contributed by atoms with Gasteiger partial charge in [0, 0.05) is 6.42 Å². The van der Waals surface area contributed by atoms with Crippen LogP contribution in [0.1, 0.15) is 328 Å². The van der Waals surface area contributed by atoms with Crippen LogP contribution in [-0.2, 0) is 18.4 Å². The number of phosphoric ester groups is 1. The number of hydrogen-bond donors (Lipinski definition) is 3. The molecule has 0 spiro atoms. The lowest BCUT2D eigenvalue weighted by molar-refractivity contribution is -0.870. The van der Waals surface area contributed by atoms with Gasteiger partial charge in [-0.25, -0.2) is 4.57 Å². The van der Waals surface area contributed by atoms with Crippen LogP contribution < -0.4 is 5.32 Å². The minimum atomic E-state index is -4.35. The first-order valence-corrected chi connectivity index (χ1v) is 33.7. The van der Waals surface area contributed by atoms with E-state index in [-0.39, 0.29) is 19.1 Å². The topological polar surface area (TPSA) is 105 Å². The maximum Gasteiger partial charge on any atom is 0.472 e. The summed E-state index contributed by atoms with van der Waals surface area (Å²) in [7, 11) is 1.57. The van der Waals surface area contributed by atoms with Crippen LogP contribution in [0.4, 0.5) is 0 Å². The molecular formula is C64H128N2O6P+. The summed E-state index contributed by atoms with van der Waals surface area (Å²) in [5.41, 5.74) is 0. The molecule has 0 aliphatic rings. The number of aliphatic hydroxyl groups excluding tert-OH is 1. The number of quaternary nitrogens is 1. The van der Waals surface area contributed by atoms with Crippen molar-refractivity contribution in [2.45, 2.75) is 341 Å². The van der Waals surface area contributed by atoms with Gasteiger partial charge in [0.25, 0.3) is 0 Å². The normalized spacial score (nSPS) is 13.9. The Kier molecular flexibility index (Phi) is 54.9. The number of aliphatic hydroxyl groups is 1. The lowest BCUT2D eigenvalue weighted by Gasteiger charge is -2.25. The predicted molar refractivity (Wildman–Crippen MR) is 318 cm³/mol. The van der Waals surface area contributed by atoms with Crippen LogP contribution in [0.2, 0.25) is 0 Å². The third-order valence-corrected chi connectivity index (χ3v) is 15.9. The van der Waals surface area contributed by atoms with Gasteiger partial charge in [-0.15, -0.1) is 0 Å². The molecule has 73 heavy (non-hydrogen) atoms. The van der Waals surface area contributed by atoms with Crippen molar-refractivity contribution < 1.29 is 32.9 Å². The molecule has 0 bridgehead atoms. The molecule has 3 atom stereocenters. The molecule has 9 heteroatoms. The standard InChI is InChI=1S/C64H127N2O6P/c1-6-8-10-12-14-16-18-20-21-22-23-24-25-26-27-28-29-30-31-32-33-34-35-36-37-38-39-40-41-42-43-44-46-48-50-52-54-56-58-64(68)65-62(61-72-73(69,70)71-60-59-66(3,4)5)63(67)57-55-53-51-49-47-45-19-17-15-13-11-9-7-2/h47,49,55,57,62-63,67H,6-46,48,50-54,56,58-61H2,1-5H3,(H-,65,68,69,70)/p+1/b49-47+,57-55+. The molecule has 0 rings (SSSR count). The molecule has 0 saturated heterocycles. The van der Waals surface area contributed by atoms with E-state index in [1.165, 1.54) is 270 Å². The van der Waals surface area contributed by atoms with Gasteiger partial charge in [-0.2, -0.15) is 0 Å². The number of likely N-dealkylation sites (N-methyl/N-ethyl adjacent to an activating group) is 1. The number of phosphoric acid groups is 1. The van der Waals surface area contributed by atoms with Crippen LogP contribution in [0.3, 0.4) is 0 Å². The second-order valence-electron chi connectivity index (χ2n) is 23.5. The second-order valence-corrected chi connectivity index (χ2v) is 24.9. The van der Waals surface area contributed by atoms with Crippen molar-refractivity contribution in [1.29, 1.82) is 0 Å². The summed E-state index contributed by atoms with van der Waals surface area (Å²) in [6.45, 7) is 4.82. The highest BCUT2D eigenvalue weighted by atomic mass is 31.2. The van der Waals surface area contributed by atoms with E-state index in [4.69, 9.17) is 9.05 Å². The number of carbonyl (C=O) groups is 1. The van der Waals surface area contributed by atoms with Crippen molar-refractivity contribution in [2.24, 2.45) is 0 Å². The number of allylic oxidation sites excluding steroid dienone is 3. The predicted octanol–water partition coefficient (Wildman–Crippen LogP) is 19.9. The maximum atomic E-state index is 13.0. The summed E-state index contributed by atoms with van der Waals surface area (Å²) in [6, 6.07) is -0.859. The summed E-state index contributed by atoms with van der Waals surface area (Å²) in [6.07, 6.45) is 72.0. The first kappa shape index (κ1) is 72.0. The smallest absolute Gasteiger partial charge is 0.387 e. The van der Waals surface area contributed by atoms with E-state index < -0.39 is 20.0 Å². The number of nitrogens with zero attached hydrogens (tertiary/aromatic N) is 1. The number of hydrogen-bond acceptors (Lipinski definition) is 5. The molecule has 3 N–H and O–H groups in total. The molecule has 0 fully saturated rings. The molecule has 0 aromatic carbocycles. The van der Waals surface area contributed by atoms with Crippen LogP contribution in [0, 0.1) is 0 Å². The molecule has 0 aromatic rings. The first-order chi connectivity index (χ1) is 35.5. The highest BCUT2D eigenvalue weighted by Gasteiger charge is 2.27. The van der Waals surface area contributed by atoms with E-state index in [2.05, 4.69) is 31.3 Å². The van der Waals surface area contributed by atoms with Gasteiger partial charge in [0.2, 0.25) is 5.91 Å². The van der Waals surface area contributed by atoms with Crippen LogP contribution in [-0.4, -0.2) is 73.4 Å². The van der Waals surface area contributed by atoms with E-state index in [1.807, 2.05) is 27.2 Å². The lowest BCUT2D eigenvalue weighted by atomic mass is 10.0. The Morgan fingerprint density at radius 3 is 1.10 bits per heavy atom. The van der Waals surface area contributed by atoms with E-state index in [0.29, 0.717) is 17.4 Å². The number of nitrogens with one attached hydrogen (secondary N) is 1. The molecule has 0 heterocycles. The van der Waals surface area contributed by atoms with Gasteiger partial charge < -0.3 is 19.8 Å². The van der Waals surface area contributed by atoms with Gasteiger partial charge in [-0.05, 0) is 32.1 Å².